The van der Waals surface area contributed by atoms with Gasteiger partial charge in [0.05, 0.1) is 12.7 Å². The van der Waals surface area contributed by atoms with E-state index in [0.29, 0.717) is 6.42 Å². The lowest BCUT2D eigenvalue weighted by atomic mass is 9.95. The Kier molecular flexibility index (Phi) is 3.63. The highest BCUT2D eigenvalue weighted by Crippen LogP contribution is 2.19. The van der Waals surface area contributed by atoms with E-state index in [4.69, 9.17) is 9.84 Å². The lowest BCUT2D eigenvalue weighted by Crippen LogP contribution is -2.56. The standard InChI is InChI=1S/C8H16O5/c1-2-4(9)8-7(12)6(11)5(10)3-13-8/h4-12H,2-3H2,1H3/t4?,5-,6+,7-,8+/m0/s1. The molecule has 0 spiro atoms. The molecule has 0 aliphatic carbocycles. The van der Waals surface area contributed by atoms with Crippen LogP contribution in [0.4, 0.5) is 0 Å². The summed E-state index contributed by atoms with van der Waals surface area (Å²) in [5.74, 6) is 0. The fourth-order valence-electron chi connectivity index (χ4n) is 1.40. The zero-order valence-corrected chi connectivity index (χ0v) is 7.50. The molecule has 1 fully saturated rings. The molecule has 1 heterocycles. The first-order valence-corrected chi connectivity index (χ1v) is 4.41. The van der Waals surface area contributed by atoms with Gasteiger partial charge in [0.15, 0.2) is 0 Å². The summed E-state index contributed by atoms with van der Waals surface area (Å²) in [7, 11) is 0. The van der Waals surface area contributed by atoms with Gasteiger partial charge in [-0.3, -0.25) is 0 Å². The number of aliphatic hydroxyl groups is 4. The quantitative estimate of drug-likeness (QED) is 0.416. The Balaban J connectivity index is 2.58. The Bertz CT molecular complexity index is 163. The van der Waals surface area contributed by atoms with Gasteiger partial charge in [-0.2, -0.15) is 0 Å². The molecule has 5 heteroatoms. The number of aliphatic hydroxyl groups excluding tert-OH is 4. The molecule has 0 radical (unpaired) electrons. The molecule has 5 nitrogen and oxygen atoms in total. The summed E-state index contributed by atoms with van der Waals surface area (Å²) in [4.78, 5) is 0. The molecule has 0 saturated carbocycles. The maximum Gasteiger partial charge on any atom is 0.112 e. The van der Waals surface area contributed by atoms with Crippen LogP contribution in [0.1, 0.15) is 13.3 Å². The highest BCUT2D eigenvalue weighted by Gasteiger charge is 2.40. The maximum absolute atomic E-state index is 9.41. The first kappa shape index (κ1) is 10.9. The third kappa shape index (κ3) is 2.18. The van der Waals surface area contributed by atoms with E-state index < -0.39 is 30.5 Å². The van der Waals surface area contributed by atoms with Crippen molar-refractivity contribution in [2.75, 3.05) is 6.61 Å². The third-order valence-corrected chi connectivity index (χ3v) is 2.34. The summed E-state index contributed by atoms with van der Waals surface area (Å²) in [6, 6.07) is 0. The van der Waals surface area contributed by atoms with E-state index in [0.717, 1.165) is 0 Å². The van der Waals surface area contributed by atoms with Gasteiger partial charge < -0.3 is 25.2 Å². The van der Waals surface area contributed by atoms with Gasteiger partial charge in [-0.25, -0.2) is 0 Å². The zero-order valence-electron chi connectivity index (χ0n) is 7.50. The molecule has 1 rings (SSSR count). The van der Waals surface area contributed by atoms with E-state index in [2.05, 4.69) is 0 Å². The molecular formula is C8H16O5. The van der Waals surface area contributed by atoms with Crippen LogP contribution in [0.5, 0.6) is 0 Å². The van der Waals surface area contributed by atoms with Gasteiger partial charge in [-0.1, -0.05) is 6.92 Å². The smallest absolute Gasteiger partial charge is 0.112 e. The van der Waals surface area contributed by atoms with E-state index in [9.17, 15) is 15.3 Å². The number of ether oxygens (including phenoxy) is 1. The fourth-order valence-corrected chi connectivity index (χ4v) is 1.40. The Hall–Kier alpha value is -0.200. The van der Waals surface area contributed by atoms with Crippen molar-refractivity contribution in [3.63, 3.8) is 0 Å². The predicted molar refractivity (Wildman–Crippen MR) is 44.1 cm³/mol. The minimum Gasteiger partial charge on any atom is -0.390 e. The van der Waals surface area contributed by atoms with E-state index in [1.165, 1.54) is 0 Å². The normalized spacial score (nSPS) is 43.2. The summed E-state index contributed by atoms with van der Waals surface area (Å²) in [5, 5.41) is 37.2. The number of hydrogen-bond donors (Lipinski definition) is 4. The lowest BCUT2D eigenvalue weighted by Gasteiger charge is -2.37. The molecule has 78 valence electrons. The lowest BCUT2D eigenvalue weighted by molar-refractivity contribution is -0.211. The van der Waals surface area contributed by atoms with Crippen LogP contribution in [0.3, 0.4) is 0 Å². The molecular weight excluding hydrogens is 176 g/mol. The highest BCUT2D eigenvalue weighted by molar-refractivity contribution is 4.89. The van der Waals surface area contributed by atoms with Crippen LogP contribution in [0.25, 0.3) is 0 Å². The van der Waals surface area contributed by atoms with Crippen LogP contribution in [0, 0.1) is 0 Å². The molecule has 0 aromatic carbocycles. The summed E-state index contributed by atoms with van der Waals surface area (Å²) in [6.45, 7) is 1.69. The van der Waals surface area contributed by atoms with Gasteiger partial charge in [-0.05, 0) is 6.42 Å². The van der Waals surface area contributed by atoms with Gasteiger partial charge >= 0.3 is 0 Å². The van der Waals surface area contributed by atoms with Crippen molar-refractivity contribution in [3.8, 4) is 0 Å². The molecule has 1 unspecified atom stereocenters. The van der Waals surface area contributed by atoms with Crippen molar-refractivity contribution in [2.24, 2.45) is 0 Å². The van der Waals surface area contributed by atoms with Crippen molar-refractivity contribution in [1.82, 2.24) is 0 Å². The first-order valence-electron chi connectivity index (χ1n) is 4.41. The van der Waals surface area contributed by atoms with Crippen molar-refractivity contribution < 1.29 is 25.2 Å². The van der Waals surface area contributed by atoms with Crippen molar-refractivity contribution in [3.05, 3.63) is 0 Å². The second-order valence-corrected chi connectivity index (χ2v) is 3.32. The highest BCUT2D eigenvalue weighted by atomic mass is 16.5. The Morgan fingerprint density at radius 1 is 1.31 bits per heavy atom. The molecule has 13 heavy (non-hydrogen) atoms. The van der Waals surface area contributed by atoms with Crippen molar-refractivity contribution >= 4 is 0 Å². The van der Waals surface area contributed by atoms with Crippen LogP contribution >= 0.6 is 0 Å². The summed E-state index contributed by atoms with van der Waals surface area (Å²) >= 11 is 0. The van der Waals surface area contributed by atoms with Gasteiger partial charge in [-0.15, -0.1) is 0 Å². The third-order valence-electron chi connectivity index (χ3n) is 2.34. The van der Waals surface area contributed by atoms with Crippen LogP contribution < -0.4 is 0 Å². The Labute approximate surface area is 76.6 Å². The van der Waals surface area contributed by atoms with E-state index in [1.54, 1.807) is 6.92 Å². The van der Waals surface area contributed by atoms with Gasteiger partial charge in [0.1, 0.15) is 24.4 Å². The average Bonchev–Trinajstić information content (AvgIpc) is 2.13. The minimum absolute atomic E-state index is 0.0556. The van der Waals surface area contributed by atoms with Crippen LogP contribution in [0.15, 0.2) is 0 Å². The molecule has 0 aromatic heterocycles. The first-order chi connectivity index (χ1) is 6.07. The van der Waals surface area contributed by atoms with Crippen molar-refractivity contribution in [2.45, 2.75) is 43.9 Å². The SMILES string of the molecule is CCC(O)[C@H]1OC[C@H](O)[C@@H](O)[C@@H]1O. The van der Waals surface area contributed by atoms with Gasteiger partial charge in [0.2, 0.25) is 0 Å². The minimum atomic E-state index is -1.24. The molecule has 0 bridgehead atoms. The molecule has 4 N–H and O–H groups in total. The van der Waals surface area contributed by atoms with E-state index in [-0.39, 0.29) is 6.61 Å². The summed E-state index contributed by atoms with van der Waals surface area (Å²) in [6.07, 6.45) is -4.71. The van der Waals surface area contributed by atoms with E-state index >= 15 is 0 Å². The molecule has 0 aromatic rings. The topological polar surface area (TPSA) is 90.2 Å². The molecule has 0 amide bonds. The second-order valence-electron chi connectivity index (χ2n) is 3.32. The van der Waals surface area contributed by atoms with Crippen molar-refractivity contribution in [1.29, 1.82) is 0 Å². The molecule has 1 aliphatic heterocycles. The fraction of sp³-hybridized carbons (Fsp3) is 1.00. The van der Waals surface area contributed by atoms with Crippen LogP contribution in [-0.2, 0) is 4.74 Å². The molecule has 5 atom stereocenters. The summed E-state index contributed by atoms with van der Waals surface area (Å²) < 4.78 is 5.02. The maximum atomic E-state index is 9.41. The second kappa shape index (κ2) is 4.34. The van der Waals surface area contributed by atoms with Gasteiger partial charge in [0, 0.05) is 0 Å². The Morgan fingerprint density at radius 3 is 2.46 bits per heavy atom. The molecule has 1 saturated heterocycles. The number of rotatable bonds is 2. The van der Waals surface area contributed by atoms with Gasteiger partial charge in [0.25, 0.3) is 0 Å². The largest absolute Gasteiger partial charge is 0.390 e. The van der Waals surface area contributed by atoms with E-state index in [1.807, 2.05) is 0 Å². The zero-order chi connectivity index (χ0) is 10.0. The Morgan fingerprint density at radius 2 is 1.92 bits per heavy atom. The summed E-state index contributed by atoms with van der Waals surface area (Å²) in [5.41, 5.74) is 0. The monoisotopic (exact) mass is 192 g/mol. The predicted octanol–water partition coefficient (Wildman–Crippen LogP) is -1.76. The van der Waals surface area contributed by atoms with Crippen LogP contribution in [-0.4, -0.2) is 57.6 Å². The average molecular weight is 192 g/mol. The van der Waals surface area contributed by atoms with Crippen LogP contribution in [0.2, 0.25) is 0 Å². The molecule has 1 aliphatic rings. The number of hydrogen-bond acceptors (Lipinski definition) is 5.